The first-order valence-corrected chi connectivity index (χ1v) is 16.6. The molecule has 4 aliphatic rings. The lowest BCUT2D eigenvalue weighted by molar-refractivity contribution is 0.214. The van der Waals surface area contributed by atoms with Gasteiger partial charge in [0.2, 0.25) is 17.2 Å². The Hall–Kier alpha value is -4.80. The van der Waals surface area contributed by atoms with E-state index in [1.165, 1.54) is 7.11 Å². The molecule has 4 heterocycles. The van der Waals surface area contributed by atoms with Crippen LogP contribution in [0.2, 0.25) is 0 Å². The number of phenolic OH excluding ortho intramolecular Hbond substituents is 1. The topological polar surface area (TPSA) is 91.3 Å². The maximum absolute atomic E-state index is 11.6. The SMILES string of the molecule is COc1ccc2cc1Oc1ccc(cc1)C[C@H]1c3c(c(O)c(OC)c(OC)c3Oc3c4c(cc(OC)c3OC)[C@H](C2)N(C)CC4)CCN1C. The molecule has 10 nitrogen and oxygen atoms in total. The van der Waals surface area contributed by atoms with Crippen LogP contribution < -0.4 is 33.2 Å². The van der Waals surface area contributed by atoms with Crippen molar-refractivity contribution in [1.82, 2.24) is 9.80 Å². The monoisotopic (exact) mass is 668 g/mol. The van der Waals surface area contributed by atoms with Gasteiger partial charge in [-0.1, -0.05) is 18.2 Å². The molecule has 8 rings (SSSR count). The minimum Gasteiger partial charge on any atom is -0.504 e. The van der Waals surface area contributed by atoms with Crippen LogP contribution in [-0.2, 0) is 25.7 Å². The Morgan fingerprint density at radius 2 is 1.27 bits per heavy atom. The third-order valence-electron chi connectivity index (χ3n) is 10.3. The minimum atomic E-state index is -0.154. The molecule has 0 aliphatic carbocycles. The van der Waals surface area contributed by atoms with Crippen LogP contribution in [0.5, 0.6) is 57.5 Å². The molecule has 0 unspecified atom stereocenters. The summed E-state index contributed by atoms with van der Waals surface area (Å²) in [6.45, 7) is 1.54. The second kappa shape index (κ2) is 13.2. The highest BCUT2D eigenvalue weighted by Crippen LogP contribution is 2.57. The molecule has 10 heteroatoms. The molecule has 258 valence electrons. The summed E-state index contributed by atoms with van der Waals surface area (Å²) in [5.41, 5.74) is 5.95. The summed E-state index contributed by atoms with van der Waals surface area (Å²) < 4.78 is 43.1. The van der Waals surface area contributed by atoms with Gasteiger partial charge < -0.3 is 38.3 Å². The molecule has 0 amide bonds. The van der Waals surface area contributed by atoms with E-state index in [1.807, 2.05) is 18.2 Å². The zero-order valence-corrected chi connectivity index (χ0v) is 29.2. The molecule has 4 aromatic carbocycles. The second-order valence-corrected chi connectivity index (χ2v) is 12.9. The van der Waals surface area contributed by atoms with Crippen LogP contribution in [0, 0.1) is 0 Å². The first-order chi connectivity index (χ1) is 23.8. The summed E-state index contributed by atoms with van der Waals surface area (Å²) in [6.07, 6.45) is 2.69. The number of rotatable bonds is 5. The molecule has 4 aliphatic heterocycles. The fourth-order valence-electron chi connectivity index (χ4n) is 7.66. The van der Waals surface area contributed by atoms with Gasteiger partial charge in [0.05, 0.1) is 35.5 Å². The molecular formula is C39H44N2O8. The summed E-state index contributed by atoms with van der Waals surface area (Å²) in [4.78, 5) is 4.65. The Morgan fingerprint density at radius 1 is 0.633 bits per heavy atom. The molecule has 2 atom stereocenters. The highest BCUT2D eigenvalue weighted by atomic mass is 16.6. The van der Waals surface area contributed by atoms with Crippen molar-refractivity contribution in [2.24, 2.45) is 0 Å². The first kappa shape index (κ1) is 32.7. The average molecular weight is 669 g/mol. The molecule has 4 aromatic rings. The lowest BCUT2D eigenvalue weighted by Crippen LogP contribution is -2.34. The Morgan fingerprint density at radius 3 is 1.94 bits per heavy atom. The molecule has 0 spiro atoms. The van der Waals surface area contributed by atoms with Crippen LogP contribution in [-0.4, -0.2) is 77.6 Å². The van der Waals surface area contributed by atoms with E-state index in [2.05, 4.69) is 54.2 Å². The molecule has 0 radical (unpaired) electrons. The average Bonchev–Trinajstić information content (AvgIpc) is 3.11. The number of ether oxygens (including phenoxy) is 7. The van der Waals surface area contributed by atoms with Crippen molar-refractivity contribution in [3.05, 3.63) is 81.9 Å². The smallest absolute Gasteiger partial charge is 0.208 e. The number of nitrogens with zero attached hydrogens (tertiary/aromatic N) is 2. The van der Waals surface area contributed by atoms with Gasteiger partial charge in [-0.15, -0.1) is 0 Å². The van der Waals surface area contributed by atoms with Gasteiger partial charge in [0.1, 0.15) is 5.75 Å². The predicted molar refractivity (Wildman–Crippen MR) is 186 cm³/mol. The minimum absolute atomic E-state index is 0.00522. The number of likely N-dealkylation sites (N-methyl/N-ethyl adjacent to an activating group) is 2. The molecule has 0 saturated heterocycles. The first-order valence-electron chi connectivity index (χ1n) is 16.6. The van der Waals surface area contributed by atoms with E-state index in [1.54, 1.807) is 28.4 Å². The Labute approximate surface area is 287 Å². The summed E-state index contributed by atoms with van der Waals surface area (Å²) in [5.74, 6) is 4.81. The lowest BCUT2D eigenvalue weighted by Gasteiger charge is -2.38. The number of fused-ring (bicyclic) bond motifs is 2. The number of benzene rings is 4. The van der Waals surface area contributed by atoms with Gasteiger partial charge in [-0.25, -0.2) is 0 Å². The van der Waals surface area contributed by atoms with E-state index < -0.39 is 0 Å². The summed E-state index contributed by atoms with van der Waals surface area (Å²) in [5, 5.41) is 11.6. The van der Waals surface area contributed by atoms with Crippen molar-refractivity contribution < 1.29 is 38.3 Å². The number of phenols is 1. The standard InChI is InChI=1S/C39H44N2O8/c1-40-16-14-25-27-21-32(44-4)36(45-5)35(25)49-37-33-26(34(42)38(46-6)39(37)47-7)15-17-41(2)29(33)18-22-8-11-24(12-9-22)48-31-20-23(19-28(27)40)10-13-30(31)43-3/h8-13,20-21,28-29,42H,14-19H2,1-7H3/t28-,29-/m0/s1. The zero-order chi connectivity index (χ0) is 34.4. The van der Waals surface area contributed by atoms with E-state index in [0.717, 1.165) is 52.9 Å². The number of hydrogen-bond acceptors (Lipinski definition) is 10. The Bertz CT molecular complexity index is 1880. The zero-order valence-electron chi connectivity index (χ0n) is 29.2. The molecule has 8 bridgehead atoms. The van der Waals surface area contributed by atoms with Crippen LogP contribution in [0.3, 0.4) is 0 Å². The summed E-state index contributed by atoms with van der Waals surface area (Å²) in [7, 11) is 12.3. The fraction of sp³-hybridized carbons (Fsp3) is 0.385. The van der Waals surface area contributed by atoms with Gasteiger partial charge in [-0.3, -0.25) is 9.80 Å². The summed E-state index contributed by atoms with van der Waals surface area (Å²) in [6, 6.07) is 16.2. The largest absolute Gasteiger partial charge is 0.504 e. The number of aromatic hydroxyl groups is 1. The number of hydrogen-bond donors (Lipinski definition) is 1. The van der Waals surface area contributed by atoms with E-state index in [4.69, 9.17) is 33.2 Å². The van der Waals surface area contributed by atoms with Gasteiger partial charge in [0, 0.05) is 41.9 Å². The van der Waals surface area contributed by atoms with Crippen molar-refractivity contribution in [1.29, 1.82) is 0 Å². The second-order valence-electron chi connectivity index (χ2n) is 12.9. The summed E-state index contributed by atoms with van der Waals surface area (Å²) >= 11 is 0. The molecule has 49 heavy (non-hydrogen) atoms. The third kappa shape index (κ3) is 5.62. The van der Waals surface area contributed by atoms with Crippen molar-refractivity contribution in [3.63, 3.8) is 0 Å². The maximum Gasteiger partial charge on any atom is 0.208 e. The van der Waals surface area contributed by atoms with E-state index >= 15 is 0 Å². The van der Waals surface area contributed by atoms with Crippen molar-refractivity contribution in [2.75, 3.05) is 62.7 Å². The maximum atomic E-state index is 11.6. The van der Waals surface area contributed by atoms with Crippen LogP contribution in [0.1, 0.15) is 45.5 Å². The van der Waals surface area contributed by atoms with Crippen LogP contribution >= 0.6 is 0 Å². The number of methoxy groups -OCH3 is 5. The molecule has 0 aromatic heterocycles. The highest BCUT2D eigenvalue weighted by Gasteiger charge is 2.38. The molecule has 0 fully saturated rings. The van der Waals surface area contributed by atoms with E-state index in [9.17, 15) is 5.11 Å². The van der Waals surface area contributed by atoms with Gasteiger partial charge >= 0.3 is 0 Å². The quantitative estimate of drug-likeness (QED) is 0.243. The van der Waals surface area contributed by atoms with Gasteiger partial charge in [0.15, 0.2) is 34.5 Å². The van der Waals surface area contributed by atoms with E-state index in [0.29, 0.717) is 65.3 Å². The van der Waals surface area contributed by atoms with Crippen LogP contribution in [0.15, 0.2) is 48.5 Å². The van der Waals surface area contributed by atoms with Crippen LogP contribution in [0.4, 0.5) is 0 Å². The van der Waals surface area contributed by atoms with Crippen LogP contribution in [0.25, 0.3) is 0 Å². The normalized spacial score (nSPS) is 18.7. The molecule has 0 saturated carbocycles. The lowest BCUT2D eigenvalue weighted by atomic mass is 9.86. The van der Waals surface area contributed by atoms with Gasteiger partial charge in [-0.2, -0.15) is 0 Å². The van der Waals surface area contributed by atoms with E-state index in [-0.39, 0.29) is 23.6 Å². The Kier molecular flexibility index (Phi) is 8.85. The van der Waals surface area contributed by atoms with Crippen molar-refractivity contribution >= 4 is 0 Å². The van der Waals surface area contributed by atoms with Crippen molar-refractivity contribution in [3.8, 4) is 57.5 Å². The van der Waals surface area contributed by atoms with Crippen molar-refractivity contribution in [2.45, 2.75) is 37.8 Å². The highest BCUT2D eigenvalue weighted by molar-refractivity contribution is 5.71. The Balaban J connectivity index is 1.52. The van der Waals surface area contributed by atoms with Gasteiger partial charge in [-0.05, 0) is 86.8 Å². The predicted octanol–water partition coefficient (Wildman–Crippen LogP) is 6.88. The fourth-order valence-corrected chi connectivity index (χ4v) is 7.66. The van der Waals surface area contributed by atoms with Gasteiger partial charge in [0.25, 0.3) is 0 Å². The molecular weight excluding hydrogens is 624 g/mol. The molecule has 1 N–H and O–H groups in total. The third-order valence-corrected chi connectivity index (χ3v) is 10.3.